The van der Waals surface area contributed by atoms with Crippen molar-refractivity contribution in [3.05, 3.63) is 36.3 Å². The number of nitrogens with zero attached hydrogens (tertiary/aromatic N) is 1. The minimum Gasteiger partial charge on any atom is -0.481 e. The van der Waals surface area contributed by atoms with Gasteiger partial charge in [0.25, 0.3) is 0 Å². The third-order valence-corrected chi connectivity index (χ3v) is 2.03. The highest BCUT2D eigenvalue weighted by molar-refractivity contribution is 5.85. The smallest absolute Gasteiger partial charge is 0.341 e. The van der Waals surface area contributed by atoms with Crippen LogP contribution in [0.1, 0.15) is 0 Å². The summed E-state index contributed by atoms with van der Waals surface area (Å²) >= 11 is 0. The van der Waals surface area contributed by atoms with Gasteiger partial charge in [-0.1, -0.05) is 6.07 Å². The van der Waals surface area contributed by atoms with Crippen molar-refractivity contribution >= 4 is 16.9 Å². The number of carboxylic acids is 1. The molecule has 0 aliphatic heterocycles. The van der Waals surface area contributed by atoms with Gasteiger partial charge in [-0.2, -0.15) is 0 Å². The first-order chi connectivity index (χ1) is 7.68. The summed E-state index contributed by atoms with van der Waals surface area (Å²) in [4.78, 5) is 14.2. The molecule has 0 aliphatic rings. The Balaban J connectivity index is 2.45. The van der Waals surface area contributed by atoms with E-state index in [9.17, 15) is 9.18 Å². The topological polar surface area (TPSA) is 59.4 Å². The standard InChI is InChI=1S/C11H8FNO3/c12-8-3-1-2-7-9(16-6-10(14)15)4-5-13-11(7)8/h1-5H,6H2,(H,14,15). The molecule has 4 nitrogen and oxygen atoms in total. The lowest BCUT2D eigenvalue weighted by Crippen LogP contribution is -2.09. The van der Waals surface area contributed by atoms with E-state index >= 15 is 0 Å². The van der Waals surface area contributed by atoms with Gasteiger partial charge in [0.05, 0.1) is 0 Å². The van der Waals surface area contributed by atoms with E-state index in [2.05, 4.69) is 4.98 Å². The lowest BCUT2D eigenvalue weighted by molar-refractivity contribution is -0.139. The normalized spacial score (nSPS) is 10.3. The second kappa shape index (κ2) is 4.14. The van der Waals surface area contributed by atoms with Crippen molar-refractivity contribution in [1.82, 2.24) is 4.98 Å². The number of carboxylic acid groups (broad SMARTS) is 1. The number of rotatable bonds is 3. The predicted octanol–water partition coefficient (Wildman–Crippen LogP) is 1.84. The first-order valence-corrected chi connectivity index (χ1v) is 4.56. The number of benzene rings is 1. The summed E-state index contributed by atoms with van der Waals surface area (Å²) in [7, 11) is 0. The SMILES string of the molecule is O=C(O)COc1ccnc2c(F)cccc12. The fourth-order valence-corrected chi connectivity index (χ4v) is 1.38. The Morgan fingerprint density at radius 2 is 2.25 bits per heavy atom. The van der Waals surface area contributed by atoms with Gasteiger partial charge < -0.3 is 9.84 Å². The Kier molecular flexibility index (Phi) is 2.68. The first-order valence-electron chi connectivity index (χ1n) is 4.56. The van der Waals surface area contributed by atoms with E-state index in [1.165, 1.54) is 24.4 Å². The molecule has 0 radical (unpaired) electrons. The van der Waals surface area contributed by atoms with Gasteiger partial charge in [-0.25, -0.2) is 9.18 Å². The molecular formula is C11H8FNO3. The van der Waals surface area contributed by atoms with Gasteiger partial charge in [0.15, 0.2) is 6.61 Å². The summed E-state index contributed by atoms with van der Waals surface area (Å²) < 4.78 is 18.4. The van der Waals surface area contributed by atoms with E-state index < -0.39 is 18.4 Å². The van der Waals surface area contributed by atoms with Crippen molar-refractivity contribution in [2.45, 2.75) is 0 Å². The molecule has 5 heteroatoms. The Bertz CT molecular complexity index is 542. The molecule has 2 aromatic rings. The molecule has 82 valence electrons. The molecule has 1 heterocycles. The van der Waals surface area contributed by atoms with Crippen LogP contribution in [0.5, 0.6) is 5.75 Å². The number of ether oxygens (including phenoxy) is 1. The van der Waals surface area contributed by atoms with Crippen LogP contribution in [0.15, 0.2) is 30.5 Å². The van der Waals surface area contributed by atoms with Gasteiger partial charge in [0, 0.05) is 11.6 Å². The van der Waals surface area contributed by atoms with E-state index in [1.807, 2.05) is 0 Å². The monoisotopic (exact) mass is 221 g/mol. The van der Waals surface area contributed by atoms with Crippen LogP contribution in [0, 0.1) is 5.82 Å². The average molecular weight is 221 g/mol. The molecule has 0 aliphatic carbocycles. The Morgan fingerprint density at radius 1 is 1.44 bits per heavy atom. The number of halogens is 1. The lowest BCUT2D eigenvalue weighted by atomic mass is 10.2. The number of aliphatic carboxylic acids is 1. The number of hydrogen-bond donors (Lipinski definition) is 1. The molecule has 16 heavy (non-hydrogen) atoms. The summed E-state index contributed by atoms with van der Waals surface area (Å²) in [5, 5.41) is 8.95. The number of aromatic nitrogens is 1. The highest BCUT2D eigenvalue weighted by atomic mass is 19.1. The number of pyridine rings is 1. The van der Waals surface area contributed by atoms with Gasteiger partial charge in [0.1, 0.15) is 17.1 Å². The Hall–Kier alpha value is -2.17. The van der Waals surface area contributed by atoms with Gasteiger partial charge >= 0.3 is 5.97 Å². The van der Waals surface area contributed by atoms with Crippen molar-refractivity contribution < 1.29 is 19.0 Å². The Morgan fingerprint density at radius 3 is 3.00 bits per heavy atom. The summed E-state index contributed by atoms with van der Waals surface area (Å²) in [6, 6.07) is 5.94. The lowest BCUT2D eigenvalue weighted by Gasteiger charge is -2.06. The molecule has 0 saturated carbocycles. The van der Waals surface area contributed by atoms with E-state index in [1.54, 1.807) is 6.07 Å². The Labute approximate surface area is 90.3 Å². The molecule has 1 N–H and O–H groups in total. The van der Waals surface area contributed by atoms with Gasteiger partial charge in [-0.05, 0) is 18.2 Å². The summed E-state index contributed by atoms with van der Waals surface area (Å²) in [6.07, 6.45) is 1.38. The maximum atomic E-state index is 13.3. The van der Waals surface area contributed by atoms with Crippen molar-refractivity contribution in [3.63, 3.8) is 0 Å². The molecule has 0 saturated heterocycles. The second-order valence-corrected chi connectivity index (χ2v) is 3.13. The van der Waals surface area contributed by atoms with Crippen LogP contribution in [-0.2, 0) is 4.79 Å². The molecule has 0 spiro atoms. The highest BCUT2D eigenvalue weighted by Gasteiger charge is 2.07. The summed E-state index contributed by atoms with van der Waals surface area (Å²) in [5.41, 5.74) is 0.172. The molecule has 0 bridgehead atoms. The fourth-order valence-electron chi connectivity index (χ4n) is 1.38. The van der Waals surface area contributed by atoms with Crippen LogP contribution >= 0.6 is 0 Å². The van der Waals surface area contributed by atoms with Gasteiger partial charge in [0.2, 0.25) is 0 Å². The average Bonchev–Trinajstić information content (AvgIpc) is 2.27. The van der Waals surface area contributed by atoms with Crippen LogP contribution in [0.2, 0.25) is 0 Å². The van der Waals surface area contributed by atoms with Crippen molar-refractivity contribution in [2.24, 2.45) is 0 Å². The molecular weight excluding hydrogens is 213 g/mol. The van der Waals surface area contributed by atoms with E-state index in [0.717, 1.165) is 0 Å². The highest BCUT2D eigenvalue weighted by Crippen LogP contribution is 2.25. The third kappa shape index (κ3) is 1.93. The van der Waals surface area contributed by atoms with Crippen LogP contribution < -0.4 is 4.74 Å². The quantitative estimate of drug-likeness (QED) is 0.859. The largest absolute Gasteiger partial charge is 0.481 e. The number of fused-ring (bicyclic) bond motifs is 1. The van der Waals surface area contributed by atoms with Crippen LogP contribution in [0.25, 0.3) is 10.9 Å². The molecule has 0 fully saturated rings. The van der Waals surface area contributed by atoms with E-state index in [-0.39, 0.29) is 5.52 Å². The molecule has 0 amide bonds. The van der Waals surface area contributed by atoms with Crippen molar-refractivity contribution in [1.29, 1.82) is 0 Å². The van der Waals surface area contributed by atoms with Crippen molar-refractivity contribution in [3.8, 4) is 5.75 Å². The molecule has 2 rings (SSSR count). The first kappa shape index (κ1) is 10.4. The fraction of sp³-hybridized carbons (Fsp3) is 0.0909. The van der Waals surface area contributed by atoms with Gasteiger partial charge in [-0.15, -0.1) is 0 Å². The maximum absolute atomic E-state index is 13.3. The van der Waals surface area contributed by atoms with Crippen LogP contribution in [-0.4, -0.2) is 22.7 Å². The number of para-hydroxylation sites is 1. The van der Waals surface area contributed by atoms with Crippen molar-refractivity contribution in [2.75, 3.05) is 6.61 Å². The van der Waals surface area contributed by atoms with E-state index in [0.29, 0.717) is 11.1 Å². The molecule has 0 atom stereocenters. The minimum absolute atomic E-state index is 0.172. The zero-order valence-corrected chi connectivity index (χ0v) is 8.18. The minimum atomic E-state index is -1.08. The summed E-state index contributed by atoms with van der Waals surface area (Å²) in [6.45, 7) is -0.463. The van der Waals surface area contributed by atoms with Crippen LogP contribution in [0.3, 0.4) is 0 Å². The zero-order valence-electron chi connectivity index (χ0n) is 8.18. The second-order valence-electron chi connectivity index (χ2n) is 3.13. The summed E-state index contributed by atoms with van der Waals surface area (Å²) in [5.74, 6) is -1.23. The predicted molar refractivity (Wildman–Crippen MR) is 54.8 cm³/mol. The molecule has 1 aromatic carbocycles. The molecule has 0 unspecified atom stereocenters. The maximum Gasteiger partial charge on any atom is 0.341 e. The van der Waals surface area contributed by atoms with E-state index in [4.69, 9.17) is 9.84 Å². The third-order valence-electron chi connectivity index (χ3n) is 2.03. The number of carbonyl (C=O) groups is 1. The zero-order chi connectivity index (χ0) is 11.5. The van der Waals surface area contributed by atoms with Gasteiger partial charge in [-0.3, -0.25) is 4.98 Å². The molecule has 1 aromatic heterocycles. The van der Waals surface area contributed by atoms with Crippen LogP contribution in [0.4, 0.5) is 4.39 Å². The number of hydrogen-bond acceptors (Lipinski definition) is 3.